The highest BCUT2D eigenvalue weighted by atomic mass is 16.6. The van der Waals surface area contributed by atoms with E-state index >= 15 is 0 Å². The Morgan fingerprint density at radius 1 is 1.55 bits per heavy atom. The minimum Gasteiger partial charge on any atom is -0.395 e. The summed E-state index contributed by atoms with van der Waals surface area (Å²) in [4.78, 5) is 21.4. The third-order valence-corrected chi connectivity index (χ3v) is 2.84. The Labute approximate surface area is 114 Å². The fourth-order valence-corrected chi connectivity index (χ4v) is 1.74. The fourth-order valence-electron chi connectivity index (χ4n) is 1.74. The molecule has 0 aliphatic heterocycles. The number of aromatic amines is 1. The lowest BCUT2D eigenvalue weighted by molar-refractivity contribution is -0.402. The van der Waals surface area contributed by atoms with Crippen LogP contribution in [0.2, 0.25) is 0 Å². The first-order valence-corrected chi connectivity index (χ1v) is 6.09. The third-order valence-electron chi connectivity index (χ3n) is 2.84. The number of nitro groups is 1. The third kappa shape index (κ3) is 3.22. The van der Waals surface area contributed by atoms with Crippen molar-refractivity contribution in [1.29, 1.82) is 0 Å². The maximum atomic E-state index is 11.7. The molecule has 0 aromatic carbocycles. The summed E-state index contributed by atoms with van der Waals surface area (Å²) in [5, 5.41) is 19.8. The lowest BCUT2D eigenvalue weighted by Gasteiger charge is -2.02. The Morgan fingerprint density at radius 2 is 2.35 bits per heavy atom. The Balaban J connectivity index is 1.77. The Hall–Kier alpha value is -2.64. The highest BCUT2D eigenvalue weighted by Crippen LogP contribution is 2.15. The molecule has 106 valence electrons. The van der Waals surface area contributed by atoms with Crippen molar-refractivity contribution in [2.45, 2.75) is 19.8 Å². The van der Waals surface area contributed by atoms with Gasteiger partial charge in [-0.25, -0.2) is 0 Å². The molecule has 0 radical (unpaired) electrons. The summed E-state index contributed by atoms with van der Waals surface area (Å²) in [6.07, 6.45) is 3.29. The zero-order chi connectivity index (χ0) is 14.5. The summed E-state index contributed by atoms with van der Waals surface area (Å²) >= 11 is 0. The van der Waals surface area contributed by atoms with Crippen molar-refractivity contribution in [3.05, 3.63) is 45.5 Å². The molecule has 0 saturated carbocycles. The van der Waals surface area contributed by atoms with Gasteiger partial charge in [0.2, 0.25) is 0 Å². The van der Waals surface area contributed by atoms with E-state index in [-0.39, 0.29) is 5.76 Å². The van der Waals surface area contributed by atoms with E-state index in [2.05, 4.69) is 15.5 Å². The van der Waals surface area contributed by atoms with Gasteiger partial charge in [0.05, 0.1) is 12.3 Å². The van der Waals surface area contributed by atoms with Crippen molar-refractivity contribution in [3.63, 3.8) is 0 Å². The smallest absolute Gasteiger partial charge is 0.395 e. The highest BCUT2D eigenvalue weighted by molar-refractivity contribution is 5.91. The van der Waals surface area contributed by atoms with Gasteiger partial charge in [0.1, 0.15) is 4.92 Å². The van der Waals surface area contributed by atoms with Crippen LogP contribution in [0.3, 0.4) is 0 Å². The van der Waals surface area contributed by atoms with E-state index in [1.165, 1.54) is 6.07 Å². The van der Waals surface area contributed by atoms with Gasteiger partial charge in [-0.1, -0.05) is 0 Å². The number of hydrogen-bond acceptors (Lipinski definition) is 5. The molecule has 0 aliphatic rings. The second-order valence-electron chi connectivity index (χ2n) is 4.27. The minimum absolute atomic E-state index is 0.0591. The molecule has 0 aliphatic carbocycles. The first kappa shape index (κ1) is 13.8. The predicted octanol–water partition coefficient (Wildman–Crippen LogP) is 1.58. The molecule has 8 heteroatoms. The zero-order valence-corrected chi connectivity index (χ0v) is 10.9. The molecule has 0 bridgehead atoms. The van der Waals surface area contributed by atoms with Crippen LogP contribution in [-0.4, -0.2) is 27.6 Å². The number of aromatic nitrogens is 2. The van der Waals surface area contributed by atoms with Crippen LogP contribution in [0.25, 0.3) is 0 Å². The van der Waals surface area contributed by atoms with Crippen LogP contribution < -0.4 is 5.32 Å². The molecule has 20 heavy (non-hydrogen) atoms. The van der Waals surface area contributed by atoms with Crippen molar-refractivity contribution in [1.82, 2.24) is 15.5 Å². The first-order valence-electron chi connectivity index (χ1n) is 6.09. The van der Waals surface area contributed by atoms with Crippen molar-refractivity contribution in [2.75, 3.05) is 6.54 Å². The number of carbonyl (C=O) groups excluding carboxylic acids is 1. The fraction of sp³-hybridized carbons (Fsp3) is 0.333. The summed E-state index contributed by atoms with van der Waals surface area (Å²) < 4.78 is 4.80. The lowest BCUT2D eigenvalue weighted by atomic mass is 10.1. The molecule has 2 aromatic rings. The van der Waals surface area contributed by atoms with Gasteiger partial charge in [-0.2, -0.15) is 5.10 Å². The Bertz CT molecular complexity index is 617. The lowest BCUT2D eigenvalue weighted by Crippen LogP contribution is -2.24. The molecule has 2 rings (SSSR count). The number of nitrogens with zero attached hydrogens (tertiary/aromatic N) is 2. The van der Waals surface area contributed by atoms with Gasteiger partial charge in [-0.05, 0) is 31.4 Å². The molecule has 0 saturated heterocycles. The number of furan rings is 1. The van der Waals surface area contributed by atoms with Crippen molar-refractivity contribution >= 4 is 11.8 Å². The normalized spacial score (nSPS) is 10.4. The number of carbonyl (C=O) groups is 1. The van der Waals surface area contributed by atoms with Crippen LogP contribution >= 0.6 is 0 Å². The van der Waals surface area contributed by atoms with Crippen molar-refractivity contribution in [2.24, 2.45) is 0 Å². The van der Waals surface area contributed by atoms with E-state index in [4.69, 9.17) is 4.42 Å². The molecule has 0 atom stereocenters. The second-order valence-corrected chi connectivity index (χ2v) is 4.27. The van der Waals surface area contributed by atoms with Gasteiger partial charge in [-0.3, -0.25) is 20.0 Å². The molecule has 0 spiro atoms. The summed E-state index contributed by atoms with van der Waals surface area (Å²) in [6, 6.07) is 2.44. The molecule has 2 heterocycles. The van der Waals surface area contributed by atoms with E-state index in [1.807, 2.05) is 6.92 Å². The number of H-pyrrole nitrogens is 1. The van der Waals surface area contributed by atoms with Crippen molar-refractivity contribution < 1.29 is 14.1 Å². The van der Waals surface area contributed by atoms with Gasteiger partial charge < -0.3 is 9.73 Å². The number of rotatable bonds is 6. The minimum atomic E-state index is -0.682. The van der Waals surface area contributed by atoms with E-state index in [0.29, 0.717) is 6.54 Å². The Morgan fingerprint density at radius 3 is 2.95 bits per heavy atom. The SMILES string of the molecule is Cc1[nH]ncc1CCCNC(=O)c1ccc([N+](=O)[O-])o1. The maximum absolute atomic E-state index is 11.7. The van der Waals surface area contributed by atoms with Crippen LogP contribution in [0.15, 0.2) is 22.7 Å². The summed E-state index contributed by atoms with van der Waals surface area (Å²) in [5.74, 6) is -0.956. The van der Waals surface area contributed by atoms with Gasteiger partial charge in [0, 0.05) is 12.2 Å². The monoisotopic (exact) mass is 278 g/mol. The van der Waals surface area contributed by atoms with Crippen LogP contribution in [0.5, 0.6) is 0 Å². The highest BCUT2D eigenvalue weighted by Gasteiger charge is 2.16. The number of nitrogens with one attached hydrogen (secondary N) is 2. The molecule has 0 fully saturated rings. The Kier molecular flexibility index (Phi) is 4.14. The van der Waals surface area contributed by atoms with Crippen LogP contribution in [0.4, 0.5) is 5.88 Å². The largest absolute Gasteiger partial charge is 0.433 e. The number of amides is 1. The maximum Gasteiger partial charge on any atom is 0.433 e. The van der Waals surface area contributed by atoms with Crippen molar-refractivity contribution in [3.8, 4) is 0 Å². The summed E-state index contributed by atoms with van der Waals surface area (Å²) in [7, 11) is 0. The molecule has 8 nitrogen and oxygen atoms in total. The molecule has 0 unspecified atom stereocenters. The van der Waals surface area contributed by atoms with Gasteiger partial charge in [0.25, 0.3) is 5.91 Å². The molecule has 2 aromatic heterocycles. The van der Waals surface area contributed by atoms with Gasteiger partial charge in [0.15, 0.2) is 5.76 Å². The van der Waals surface area contributed by atoms with E-state index in [0.717, 1.165) is 30.2 Å². The van der Waals surface area contributed by atoms with Gasteiger partial charge in [-0.15, -0.1) is 0 Å². The quantitative estimate of drug-likeness (QED) is 0.473. The summed E-state index contributed by atoms with van der Waals surface area (Å²) in [5.41, 5.74) is 2.12. The molecular formula is C12H14N4O4. The van der Waals surface area contributed by atoms with Crippen LogP contribution in [-0.2, 0) is 6.42 Å². The van der Waals surface area contributed by atoms with E-state index in [9.17, 15) is 14.9 Å². The summed E-state index contributed by atoms with van der Waals surface area (Å²) in [6.45, 7) is 2.39. The second kappa shape index (κ2) is 6.00. The molecule has 2 N–H and O–H groups in total. The first-order chi connectivity index (χ1) is 9.58. The molecule has 1 amide bonds. The topological polar surface area (TPSA) is 114 Å². The van der Waals surface area contributed by atoms with Crippen LogP contribution in [0.1, 0.15) is 28.2 Å². The predicted molar refractivity (Wildman–Crippen MR) is 69.3 cm³/mol. The standard InChI is InChI=1S/C12H14N4O4/c1-8-9(7-14-15-8)3-2-6-13-12(17)10-4-5-11(20-10)16(18)19/h4-5,7H,2-3,6H2,1H3,(H,13,17)(H,14,15). The van der Waals surface area contributed by atoms with E-state index < -0.39 is 16.7 Å². The average Bonchev–Trinajstić information content (AvgIpc) is 3.03. The average molecular weight is 278 g/mol. The molecular weight excluding hydrogens is 264 g/mol. The zero-order valence-electron chi connectivity index (χ0n) is 10.9. The van der Waals surface area contributed by atoms with Gasteiger partial charge >= 0.3 is 5.88 Å². The van der Waals surface area contributed by atoms with Crippen LogP contribution in [0, 0.1) is 17.0 Å². The van der Waals surface area contributed by atoms with E-state index in [1.54, 1.807) is 6.20 Å². The number of hydrogen-bond donors (Lipinski definition) is 2. The number of aryl methyl sites for hydroxylation is 2.